The number of hydrogen-bond donors (Lipinski definition) is 2. The third-order valence-corrected chi connectivity index (χ3v) is 2.00. The standard InChI is InChI=1S/C12H23N5O/c1-6-13-9-15-10(14-8-12(3,4)5)17-11(16-9)18-7-2/h6-8H2,1-5H3,(H2,13,14,15,16,17). The average molecular weight is 253 g/mol. The molecule has 1 aromatic heterocycles. The van der Waals surface area contributed by atoms with Crippen molar-refractivity contribution in [2.75, 3.05) is 30.3 Å². The first kappa shape index (κ1) is 14.5. The average Bonchev–Trinajstić information content (AvgIpc) is 2.26. The Morgan fingerprint density at radius 1 is 1.00 bits per heavy atom. The number of aromatic nitrogens is 3. The molecule has 0 aliphatic carbocycles. The van der Waals surface area contributed by atoms with Gasteiger partial charge in [0.2, 0.25) is 11.9 Å². The van der Waals surface area contributed by atoms with Gasteiger partial charge in [-0.3, -0.25) is 0 Å². The van der Waals surface area contributed by atoms with Gasteiger partial charge < -0.3 is 15.4 Å². The fourth-order valence-electron chi connectivity index (χ4n) is 1.21. The van der Waals surface area contributed by atoms with Crippen molar-refractivity contribution >= 4 is 11.9 Å². The van der Waals surface area contributed by atoms with Crippen molar-refractivity contribution in [1.82, 2.24) is 15.0 Å². The molecule has 0 aromatic carbocycles. The third kappa shape index (κ3) is 5.16. The largest absolute Gasteiger partial charge is 0.464 e. The smallest absolute Gasteiger partial charge is 0.323 e. The fourth-order valence-corrected chi connectivity index (χ4v) is 1.21. The normalized spacial score (nSPS) is 11.2. The zero-order valence-electron chi connectivity index (χ0n) is 11.9. The molecule has 0 radical (unpaired) electrons. The highest BCUT2D eigenvalue weighted by atomic mass is 16.5. The van der Waals surface area contributed by atoms with E-state index in [1.807, 2.05) is 13.8 Å². The molecule has 0 spiro atoms. The Bertz CT molecular complexity index is 351. The summed E-state index contributed by atoms with van der Waals surface area (Å²) in [7, 11) is 0. The van der Waals surface area contributed by atoms with Crippen LogP contribution in [0.1, 0.15) is 34.6 Å². The molecule has 0 bridgehead atoms. The minimum absolute atomic E-state index is 0.163. The second-order valence-electron chi connectivity index (χ2n) is 5.14. The van der Waals surface area contributed by atoms with Gasteiger partial charge in [-0.15, -0.1) is 0 Å². The molecule has 1 rings (SSSR count). The van der Waals surface area contributed by atoms with Gasteiger partial charge in [0.25, 0.3) is 0 Å². The molecule has 0 saturated carbocycles. The Morgan fingerprint density at radius 2 is 1.61 bits per heavy atom. The number of ether oxygens (including phenoxy) is 1. The quantitative estimate of drug-likeness (QED) is 0.809. The van der Waals surface area contributed by atoms with Gasteiger partial charge in [0.15, 0.2) is 0 Å². The molecule has 0 aliphatic heterocycles. The summed E-state index contributed by atoms with van der Waals surface area (Å²) < 4.78 is 5.32. The molecule has 6 nitrogen and oxygen atoms in total. The third-order valence-electron chi connectivity index (χ3n) is 2.00. The summed E-state index contributed by atoms with van der Waals surface area (Å²) in [5.41, 5.74) is 0.163. The summed E-state index contributed by atoms with van der Waals surface area (Å²) in [6.07, 6.45) is 0. The summed E-state index contributed by atoms with van der Waals surface area (Å²) in [5.74, 6) is 1.08. The summed E-state index contributed by atoms with van der Waals surface area (Å²) in [6.45, 7) is 12.4. The molecule has 1 heterocycles. The summed E-state index contributed by atoms with van der Waals surface area (Å²) in [5, 5.41) is 6.26. The Labute approximate surface area is 109 Å². The maximum absolute atomic E-state index is 5.32. The van der Waals surface area contributed by atoms with E-state index in [9.17, 15) is 0 Å². The first-order valence-corrected chi connectivity index (χ1v) is 6.31. The fraction of sp³-hybridized carbons (Fsp3) is 0.750. The van der Waals surface area contributed by atoms with Crippen molar-refractivity contribution in [3.63, 3.8) is 0 Å². The van der Waals surface area contributed by atoms with Gasteiger partial charge in [-0.2, -0.15) is 15.0 Å². The van der Waals surface area contributed by atoms with E-state index in [-0.39, 0.29) is 5.41 Å². The van der Waals surface area contributed by atoms with Gasteiger partial charge in [-0.25, -0.2) is 0 Å². The van der Waals surface area contributed by atoms with Crippen LogP contribution < -0.4 is 15.4 Å². The van der Waals surface area contributed by atoms with Crippen LogP contribution in [0, 0.1) is 5.41 Å². The molecule has 0 amide bonds. The molecule has 0 atom stereocenters. The summed E-state index contributed by atoms with van der Waals surface area (Å²) >= 11 is 0. The van der Waals surface area contributed by atoms with Crippen molar-refractivity contribution in [1.29, 1.82) is 0 Å². The van der Waals surface area contributed by atoms with Crippen LogP contribution in [0.2, 0.25) is 0 Å². The molecule has 0 saturated heterocycles. The van der Waals surface area contributed by atoms with E-state index in [2.05, 4.69) is 46.4 Å². The van der Waals surface area contributed by atoms with E-state index in [1.54, 1.807) is 0 Å². The van der Waals surface area contributed by atoms with Gasteiger partial charge in [-0.05, 0) is 19.3 Å². The lowest BCUT2D eigenvalue weighted by Crippen LogP contribution is -2.21. The number of anilines is 2. The molecule has 18 heavy (non-hydrogen) atoms. The molecule has 6 heteroatoms. The Kier molecular flexibility index (Phi) is 5.12. The lowest BCUT2D eigenvalue weighted by molar-refractivity contribution is 0.312. The van der Waals surface area contributed by atoms with Crippen LogP contribution in [0.25, 0.3) is 0 Å². The number of rotatable bonds is 6. The Morgan fingerprint density at radius 3 is 2.11 bits per heavy atom. The first-order valence-electron chi connectivity index (χ1n) is 6.31. The lowest BCUT2D eigenvalue weighted by atomic mass is 9.97. The van der Waals surface area contributed by atoms with E-state index >= 15 is 0 Å². The van der Waals surface area contributed by atoms with E-state index in [4.69, 9.17) is 4.74 Å². The summed E-state index contributed by atoms with van der Waals surface area (Å²) in [4.78, 5) is 12.7. The minimum atomic E-state index is 0.163. The topological polar surface area (TPSA) is 72.0 Å². The van der Waals surface area contributed by atoms with Crippen LogP contribution in [0.5, 0.6) is 6.01 Å². The number of hydrogen-bond acceptors (Lipinski definition) is 6. The van der Waals surface area contributed by atoms with Crippen LogP contribution in [-0.2, 0) is 0 Å². The summed E-state index contributed by atoms with van der Waals surface area (Å²) in [6, 6.07) is 0.347. The first-order chi connectivity index (χ1) is 8.44. The van der Waals surface area contributed by atoms with E-state index < -0.39 is 0 Å². The van der Waals surface area contributed by atoms with Crippen LogP contribution in [-0.4, -0.2) is 34.6 Å². The number of nitrogens with zero attached hydrogens (tertiary/aromatic N) is 3. The van der Waals surface area contributed by atoms with E-state index in [0.29, 0.717) is 24.5 Å². The minimum Gasteiger partial charge on any atom is -0.464 e. The predicted molar refractivity (Wildman–Crippen MR) is 73.1 cm³/mol. The second kappa shape index (κ2) is 6.37. The molecule has 102 valence electrons. The lowest BCUT2D eigenvalue weighted by Gasteiger charge is -2.19. The zero-order chi connectivity index (χ0) is 13.6. The zero-order valence-corrected chi connectivity index (χ0v) is 11.9. The van der Waals surface area contributed by atoms with Crippen LogP contribution in [0.15, 0.2) is 0 Å². The SMILES string of the molecule is CCNc1nc(NCC(C)(C)C)nc(OCC)n1. The van der Waals surface area contributed by atoms with Gasteiger partial charge >= 0.3 is 6.01 Å². The van der Waals surface area contributed by atoms with Crippen LogP contribution in [0.3, 0.4) is 0 Å². The molecule has 1 aromatic rings. The molecular formula is C12H23N5O. The molecular weight excluding hydrogens is 230 g/mol. The maximum atomic E-state index is 5.32. The Hall–Kier alpha value is -1.59. The van der Waals surface area contributed by atoms with Crippen molar-refractivity contribution in [2.45, 2.75) is 34.6 Å². The van der Waals surface area contributed by atoms with Crippen LogP contribution >= 0.6 is 0 Å². The predicted octanol–water partition coefficient (Wildman–Crippen LogP) is 2.16. The maximum Gasteiger partial charge on any atom is 0.323 e. The van der Waals surface area contributed by atoms with E-state index in [0.717, 1.165) is 13.1 Å². The van der Waals surface area contributed by atoms with Gasteiger partial charge in [0.05, 0.1) is 6.61 Å². The van der Waals surface area contributed by atoms with Crippen LogP contribution in [0.4, 0.5) is 11.9 Å². The molecule has 0 fully saturated rings. The van der Waals surface area contributed by atoms with Crippen molar-refractivity contribution in [3.8, 4) is 6.01 Å². The van der Waals surface area contributed by atoms with Gasteiger partial charge in [0.1, 0.15) is 0 Å². The number of nitrogens with one attached hydrogen (secondary N) is 2. The monoisotopic (exact) mass is 253 g/mol. The highest BCUT2D eigenvalue weighted by Crippen LogP contribution is 2.15. The van der Waals surface area contributed by atoms with Crippen molar-refractivity contribution in [2.24, 2.45) is 5.41 Å². The highest BCUT2D eigenvalue weighted by Gasteiger charge is 2.12. The van der Waals surface area contributed by atoms with E-state index in [1.165, 1.54) is 0 Å². The Balaban J connectivity index is 2.81. The highest BCUT2D eigenvalue weighted by molar-refractivity contribution is 5.35. The van der Waals surface area contributed by atoms with Gasteiger partial charge in [0, 0.05) is 13.1 Å². The van der Waals surface area contributed by atoms with Crippen molar-refractivity contribution in [3.05, 3.63) is 0 Å². The van der Waals surface area contributed by atoms with Gasteiger partial charge in [-0.1, -0.05) is 20.8 Å². The molecule has 0 unspecified atom stereocenters. The second-order valence-corrected chi connectivity index (χ2v) is 5.14. The molecule has 2 N–H and O–H groups in total. The molecule has 0 aliphatic rings. The van der Waals surface area contributed by atoms with Crippen molar-refractivity contribution < 1.29 is 4.74 Å².